The molecule has 0 radical (unpaired) electrons. The van der Waals surface area contributed by atoms with Crippen molar-refractivity contribution in [2.45, 2.75) is 18.9 Å². The van der Waals surface area contributed by atoms with Crippen LogP contribution in [0.5, 0.6) is 0 Å². The van der Waals surface area contributed by atoms with Gasteiger partial charge in [0.05, 0.1) is 5.60 Å². The van der Waals surface area contributed by atoms with Gasteiger partial charge >= 0.3 is 0 Å². The fraction of sp³-hybridized carbons (Fsp3) is 0.455. The molecular formula is C11H16FNO. The Balaban J connectivity index is 3.05. The van der Waals surface area contributed by atoms with Crippen LogP contribution in [0.4, 0.5) is 4.39 Å². The number of halogens is 1. The van der Waals surface area contributed by atoms with E-state index < -0.39 is 5.60 Å². The van der Waals surface area contributed by atoms with Crippen molar-refractivity contribution in [3.63, 3.8) is 0 Å². The van der Waals surface area contributed by atoms with Crippen LogP contribution in [0.1, 0.15) is 18.9 Å². The summed E-state index contributed by atoms with van der Waals surface area (Å²) in [4.78, 5) is 0. The molecule has 1 rings (SSSR count). The summed E-state index contributed by atoms with van der Waals surface area (Å²) in [6, 6.07) is 6.63. The summed E-state index contributed by atoms with van der Waals surface area (Å²) in [7, 11) is 1.57. The molecule has 1 unspecified atom stereocenters. The predicted molar refractivity (Wildman–Crippen MR) is 54.4 cm³/mol. The van der Waals surface area contributed by atoms with Crippen LogP contribution in [-0.4, -0.2) is 13.7 Å². The van der Waals surface area contributed by atoms with Gasteiger partial charge in [-0.3, -0.25) is 0 Å². The van der Waals surface area contributed by atoms with Crippen molar-refractivity contribution in [3.05, 3.63) is 35.6 Å². The van der Waals surface area contributed by atoms with Gasteiger partial charge in [-0.1, -0.05) is 18.2 Å². The maximum Gasteiger partial charge on any atom is 0.129 e. The largest absolute Gasteiger partial charge is 0.374 e. The lowest BCUT2D eigenvalue weighted by Gasteiger charge is -2.28. The summed E-state index contributed by atoms with van der Waals surface area (Å²) in [6.45, 7) is 2.32. The van der Waals surface area contributed by atoms with Gasteiger partial charge in [0.1, 0.15) is 5.82 Å². The minimum atomic E-state index is -0.625. The first kappa shape index (κ1) is 11.1. The van der Waals surface area contributed by atoms with Crippen LogP contribution in [0.15, 0.2) is 24.3 Å². The van der Waals surface area contributed by atoms with Gasteiger partial charge in [0.15, 0.2) is 0 Å². The molecule has 0 saturated carbocycles. The van der Waals surface area contributed by atoms with E-state index in [4.69, 9.17) is 10.5 Å². The third-order valence-electron chi connectivity index (χ3n) is 2.52. The predicted octanol–water partition coefficient (Wildman–Crippen LogP) is 2.04. The molecule has 0 aliphatic carbocycles. The number of ether oxygens (including phenoxy) is 1. The molecule has 2 nitrogen and oxygen atoms in total. The number of benzene rings is 1. The Labute approximate surface area is 83.9 Å². The van der Waals surface area contributed by atoms with Gasteiger partial charge in [-0.25, -0.2) is 4.39 Å². The van der Waals surface area contributed by atoms with Crippen LogP contribution in [0.25, 0.3) is 0 Å². The lowest BCUT2D eigenvalue weighted by atomic mass is 9.92. The van der Waals surface area contributed by atoms with Gasteiger partial charge in [-0.15, -0.1) is 0 Å². The van der Waals surface area contributed by atoms with Gasteiger partial charge in [0.2, 0.25) is 0 Å². The topological polar surface area (TPSA) is 35.2 Å². The van der Waals surface area contributed by atoms with Gasteiger partial charge in [-0.05, 0) is 26.0 Å². The average Bonchev–Trinajstić information content (AvgIpc) is 2.18. The van der Waals surface area contributed by atoms with Crippen molar-refractivity contribution in [1.82, 2.24) is 0 Å². The molecule has 0 aliphatic heterocycles. The van der Waals surface area contributed by atoms with Crippen molar-refractivity contribution in [1.29, 1.82) is 0 Å². The zero-order chi connectivity index (χ0) is 10.6. The van der Waals surface area contributed by atoms with E-state index in [1.165, 1.54) is 6.07 Å². The normalized spacial score (nSPS) is 15.1. The second-order valence-electron chi connectivity index (χ2n) is 3.45. The monoisotopic (exact) mass is 197 g/mol. The Hall–Kier alpha value is -0.930. The van der Waals surface area contributed by atoms with E-state index in [0.717, 1.165) is 0 Å². The number of hydrogen-bond donors (Lipinski definition) is 1. The summed E-state index contributed by atoms with van der Waals surface area (Å²) in [5.41, 5.74) is 5.41. The van der Waals surface area contributed by atoms with E-state index in [1.807, 2.05) is 6.92 Å². The maximum atomic E-state index is 13.5. The first-order chi connectivity index (χ1) is 6.64. The van der Waals surface area contributed by atoms with E-state index in [9.17, 15) is 4.39 Å². The van der Waals surface area contributed by atoms with Crippen molar-refractivity contribution < 1.29 is 9.13 Å². The van der Waals surface area contributed by atoms with E-state index in [1.54, 1.807) is 25.3 Å². The number of rotatable bonds is 4. The molecule has 1 aromatic rings. The van der Waals surface area contributed by atoms with Gasteiger partial charge in [-0.2, -0.15) is 0 Å². The van der Waals surface area contributed by atoms with E-state index in [0.29, 0.717) is 18.5 Å². The molecule has 1 atom stereocenters. The van der Waals surface area contributed by atoms with Gasteiger partial charge in [0.25, 0.3) is 0 Å². The molecule has 0 aromatic heterocycles. The SMILES string of the molecule is COC(C)(CCN)c1ccccc1F. The third-order valence-corrected chi connectivity index (χ3v) is 2.52. The van der Waals surface area contributed by atoms with Crippen LogP contribution in [0.2, 0.25) is 0 Å². The standard InChI is InChI=1S/C11H16FNO/c1-11(14-2,7-8-13)9-5-3-4-6-10(9)12/h3-6H,7-8,13H2,1-2H3. The Morgan fingerprint density at radius 2 is 2.07 bits per heavy atom. The van der Waals surface area contributed by atoms with Gasteiger partial charge in [0, 0.05) is 12.7 Å². The lowest BCUT2D eigenvalue weighted by molar-refractivity contribution is -0.00621. The second-order valence-corrected chi connectivity index (χ2v) is 3.45. The van der Waals surface area contributed by atoms with Crippen LogP contribution in [0, 0.1) is 5.82 Å². The molecule has 0 fully saturated rings. The number of nitrogens with two attached hydrogens (primary N) is 1. The molecule has 78 valence electrons. The molecule has 3 heteroatoms. The summed E-state index contributed by atoms with van der Waals surface area (Å²) < 4.78 is 18.8. The zero-order valence-electron chi connectivity index (χ0n) is 8.59. The summed E-state index contributed by atoms with van der Waals surface area (Å²) in [5.74, 6) is -0.245. The highest BCUT2D eigenvalue weighted by Gasteiger charge is 2.27. The smallest absolute Gasteiger partial charge is 0.129 e. The Kier molecular flexibility index (Phi) is 3.61. The molecule has 0 saturated heterocycles. The molecule has 0 spiro atoms. The van der Waals surface area contributed by atoms with Crippen molar-refractivity contribution in [2.24, 2.45) is 5.73 Å². The van der Waals surface area contributed by atoms with Crippen LogP contribution in [0.3, 0.4) is 0 Å². The maximum absolute atomic E-state index is 13.5. The molecule has 2 N–H and O–H groups in total. The fourth-order valence-corrected chi connectivity index (χ4v) is 1.51. The number of hydrogen-bond acceptors (Lipinski definition) is 2. The quantitative estimate of drug-likeness (QED) is 0.801. The van der Waals surface area contributed by atoms with Crippen molar-refractivity contribution >= 4 is 0 Å². The Bertz CT molecular complexity index is 303. The molecule has 0 amide bonds. The first-order valence-corrected chi connectivity index (χ1v) is 4.64. The molecule has 0 heterocycles. The average molecular weight is 197 g/mol. The van der Waals surface area contributed by atoms with Crippen molar-refractivity contribution in [3.8, 4) is 0 Å². The molecule has 0 bridgehead atoms. The van der Waals surface area contributed by atoms with Gasteiger partial charge < -0.3 is 10.5 Å². The van der Waals surface area contributed by atoms with Crippen LogP contribution < -0.4 is 5.73 Å². The van der Waals surface area contributed by atoms with E-state index in [-0.39, 0.29) is 5.82 Å². The minimum absolute atomic E-state index is 0.245. The van der Waals surface area contributed by atoms with E-state index >= 15 is 0 Å². The molecular weight excluding hydrogens is 181 g/mol. The summed E-state index contributed by atoms with van der Waals surface area (Å²) >= 11 is 0. The highest BCUT2D eigenvalue weighted by atomic mass is 19.1. The second kappa shape index (κ2) is 4.53. The van der Waals surface area contributed by atoms with E-state index in [2.05, 4.69) is 0 Å². The third kappa shape index (κ3) is 2.11. The minimum Gasteiger partial charge on any atom is -0.374 e. The number of methoxy groups -OCH3 is 1. The highest BCUT2D eigenvalue weighted by molar-refractivity contribution is 5.23. The van der Waals surface area contributed by atoms with Crippen LogP contribution >= 0.6 is 0 Å². The zero-order valence-corrected chi connectivity index (χ0v) is 8.59. The molecule has 14 heavy (non-hydrogen) atoms. The Morgan fingerprint density at radius 3 is 2.57 bits per heavy atom. The summed E-state index contributed by atoms with van der Waals surface area (Å²) in [6.07, 6.45) is 0.602. The van der Waals surface area contributed by atoms with Crippen molar-refractivity contribution in [2.75, 3.05) is 13.7 Å². The highest BCUT2D eigenvalue weighted by Crippen LogP contribution is 2.29. The Morgan fingerprint density at radius 1 is 1.43 bits per heavy atom. The fourth-order valence-electron chi connectivity index (χ4n) is 1.51. The first-order valence-electron chi connectivity index (χ1n) is 4.64. The molecule has 1 aromatic carbocycles. The lowest BCUT2D eigenvalue weighted by Crippen LogP contribution is -2.28. The van der Waals surface area contributed by atoms with Crippen LogP contribution in [-0.2, 0) is 10.3 Å². The molecule has 0 aliphatic rings. The summed E-state index contributed by atoms with van der Waals surface area (Å²) in [5, 5.41) is 0.